The van der Waals surface area contributed by atoms with E-state index in [2.05, 4.69) is 0 Å². The van der Waals surface area contributed by atoms with Crippen LogP contribution < -0.4 is 10.5 Å². The predicted molar refractivity (Wildman–Crippen MR) is 139 cm³/mol. The first-order valence-electron chi connectivity index (χ1n) is 12.1. The highest BCUT2D eigenvalue weighted by Crippen LogP contribution is 2.37. The summed E-state index contributed by atoms with van der Waals surface area (Å²) < 4.78 is 25.3. The van der Waals surface area contributed by atoms with Crippen LogP contribution in [0.1, 0.15) is 74.8 Å². The summed E-state index contributed by atoms with van der Waals surface area (Å²) in [6.07, 6.45) is -1.75. The maximum atomic E-state index is 13.5. The number of rotatable bonds is 3. The van der Waals surface area contributed by atoms with E-state index in [1.165, 1.54) is 4.68 Å². The molecule has 1 aliphatic heterocycles. The molecule has 2 amide bonds. The summed E-state index contributed by atoms with van der Waals surface area (Å²) in [7, 11) is -0.808. The Balaban J connectivity index is 2.23. The largest absolute Gasteiger partial charge is 0.516 e. The molecular formula is C26H38BN3O6. The zero-order valence-corrected chi connectivity index (χ0v) is 23.3. The van der Waals surface area contributed by atoms with Crippen LogP contribution in [0, 0.1) is 6.92 Å². The van der Waals surface area contributed by atoms with E-state index in [9.17, 15) is 9.59 Å². The molecule has 0 aliphatic carbocycles. The first-order valence-corrected chi connectivity index (χ1v) is 12.1. The number of hydrogen-bond donors (Lipinski definition) is 0. The normalized spacial score (nSPS) is 17.1. The van der Waals surface area contributed by atoms with Gasteiger partial charge in [0.15, 0.2) is 5.82 Å². The lowest BCUT2D eigenvalue weighted by molar-refractivity contribution is 0.00578. The van der Waals surface area contributed by atoms with Gasteiger partial charge in [-0.1, -0.05) is 18.2 Å². The molecule has 36 heavy (non-hydrogen) atoms. The van der Waals surface area contributed by atoms with Crippen LogP contribution in [0.4, 0.5) is 15.4 Å². The van der Waals surface area contributed by atoms with Gasteiger partial charge in [-0.25, -0.2) is 14.3 Å². The lowest BCUT2D eigenvalue weighted by atomic mass is 9.82. The fourth-order valence-corrected chi connectivity index (χ4v) is 3.56. The second kappa shape index (κ2) is 9.23. The number of imide groups is 1. The van der Waals surface area contributed by atoms with Crippen molar-refractivity contribution in [1.82, 2.24) is 9.78 Å². The molecular weight excluding hydrogens is 461 g/mol. The summed E-state index contributed by atoms with van der Waals surface area (Å²) in [6.45, 7) is 20.0. The molecule has 0 unspecified atom stereocenters. The molecule has 196 valence electrons. The van der Waals surface area contributed by atoms with Crippen LogP contribution in [-0.2, 0) is 18.8 Å². The third-order valence-electron chi connectivity index (χ3n) is 5.97. The van der Waals surface area contributed by atoms with Gasteiger partial charge in [0.05, 0.1) is 22.5 Å². The number of amides is 2. The maximum Gasteiger partial charge on any atom is 0.516 e. The van der Waals surface area contributed by atoms with E-state index < -0.39 is 41.7 Å². The molecule has 2 heterocycles. The van der Waals surface area contributed by atoms with Crippen molar-refractivity contribution < 1.29 is 28.4 Å². The number of hydrogen-bond acceptors (Lipinski definition) is 7. The highest BCUT2D eigenvalue weighted by molar-refractivity contribution is 6.62. The predicted octanol–water partition coefficient (Wildman–Crippen LogP) is 5.16. The molecule has 10 heteroatoms. The average Bonchev–Trinajstić information content (AvgIpc) is 3.13. The van der Waals surface area contributed by atoms with E-state index in [1.807, 2.05) is 58.0 Å². The van der Waals surface area contributed by atoms with E-state index >= 15 is 0 Å². The van der Waals surface area contributed by atoms with Crippen molar-refractivity contribution in [3.8, 4) is 5.69 Å². The summed E-state index contributed by atoms with van der Waals surface area (Å²) >= 11 is 0. The average molecular weight is 499 g/mol. The molecule has 1 aromatic carbocycles. The monoisotopic (exact) mass is 499 g/mol. The summed E-state index contributed by atoms with van der Waals surface area (Å²) in [5.41, 5.74) is -1.29. The minimum atomic E-state index is -0.877. The minimum absolute atomic E-state index is 0.189. The molecule has 0 atom stereocenters. The molecule has 9 nitrogen and oxygen atoms in total. The fraction of sp³-hybridized carbons (Fsp3) is 0.577. The van der Waals surface area contributed by atoms with Crippen LogP contribution in [0.2, 0.25) is 0 Å². The van der Waals surface area contributed by atoms with Gasteiger partial charge in [0.1, 0.15) is 11.2 Å². The number of benzene rings is 1. The van der Waals surface area contributed by atoms with Crippen molar-refractivity contribution in [2.45, 2.75) is 98.6 Å². The lowest BCUT2D eigenvalue weighted by Gasteiger charge is -2.32. The van der Waals surface area contributed by atoms with Gasteiger partial charge < -0.3 is 18.8 Å². The fourth-order valence-electron chi connectivity index (χ4n) is 3.56. The number of para-hydroxylation sites is 1. The van der Waals surface area contributed by atoms with Gasteiger partial charge in [-0.3, -0.25) is 0 Å². The van der Waals surface area contributed by atoms with Crippen molar-refractivity contribution in [2.24, 2.45) is 0 Å². The van der Waals surface area contributed by atoms with Gasteiger partial charge in [0.25, 0.3) is 0 Å². The maximum absolute atomic E-state index is 13.5. The molecule has 0 radical (unpaired) electrons. The Labute approximate surface area is 214 Å². The topological polar surface area (TPSA) is 92.1 Å². The standard InChI is InChI=1S/C26H38BN3O6/c1-17-19(27-35-25(8,9)26(10,11)36-27)28-30(18-15-13-12-14-16-18)20(17)29(21(31)33-23(2,3)4)22(32)34-24(5,6)7/h12-16H,1-11H3. The van der Waals surface area contributed by atoms with Crippen molar-refractivity contribution in [3.05, 3.63) is 35.9 Å². The van der Waals surface area contributed by atoms with Gasteiger partial charge in [-0.2, -0.15) is 10.00 Å². The Morgan fingerprint density at radius 3 is 1.75 bits per heavy atom. The van der Waals surface area contributed by atoms with Gasteiger partial charge in [0, 0.05) is 5.56 Å². The SMILES string of the molecule is Cc1c(B2OC(C)(C)C(C)(C)O2)nn(-c2ccccc2)c1N(C(=O)OC(C)(C)C)C(=O)OC(C)(C)C. The molecule has 1 fully saturated rings. The second-order valence-corrected chi connectivity index (χ2v) is 12.0. The lowest BCUT2D eigenvalue weighted by Crippen LogP contribution is -2.45. The van der Waals surface area contributed by atoms with Crippen LogP contribution in [0.5, 0.6) is 0 Å². The summed E-state index contributed by atoms with van der Waals surface area (Å²) in [4.78, 5) is 27.8. The first kappa shape index (κ1) is 27.7. The highest BCUT2D eigenvalue weighted by atomic mass is 16.7. The van der Waals surface area contributed by atoms with Crippen LogP contribution in [-0.4, -0.2) is 51.5 Å². The van der Waals surface area contributed by atoms with E-state index in [0.29, 0.717) is 16.8 Å². The Hall–Kier alpha value is -2.85. The Bertz CT molecular complexity index is 1090. The number of ether oxygens (including phenoxy) is 2. The van der Waals surface area contributed by atoms with Gasteiger partial charge >= 0.3 is 19.3 Å². The first-order chi connectivity index (χ1) is 16.3. The van der Waals surface area contributed by atoms with Crippen LogP contribution in [0.15, 0.2) is 30.3 Å². The smallest absolute Gasteiger partial charge is 0.443 e. The molecule has 1 aromatic heterocycles. The van der Waals surface area contributed by atoms with E-state index in [0.717, 1.165) is 4.90 Å². The van der Waals surface area contributed by atoms with Gasteiger partial charge in [-0.15, -0.1) is 0 Å². The van der Waals surface area contributed by atoms with Crippen molar-refractivity contribution in [2.75, 3.05) is 4.90 Å². The molecule has 3 rings (SSSR count). The summed E-state index contributed by atoms with van der Waals surface area (Å²) in [5.74, 6) is 0.189. The quantitative estimate of drug-likeness (QED) is 0.539. The molecule has 0 N–H and O–H groups in total. The zero-order chi connectivity index (χ0) is 27.3. The van der Waals surface area contributed by atoms with Gasteiger partial charge in [0.2, 0.25) is 0 Å². The van der Waals surface area contributed by atoms with Crippen molar-refractivity contribution in [3.63, 3.8) is 0 Å². The van der Waals surface area contributed by atoms with Crippen LogP contribution in [0.3, 0.4) is 0 Å². The van der Waals surface area contributed by atoms with Crippen molar-refractivity contribution >= 4 is 30.7 Å². The molecule has 0 saturated carbocycles. The van der Waals surface area contributed by atoms with Crippen molar-refractivity contribution in [1.29, 1.82) is 0 Å². The molecule has 1 aliphatic rings. The van der Waals surface area contributed by atoms with E-state index in [4.69, 9.17) is 23.9 Å². The number of nitrogens with zero attached hydrogens (tertiary/aromatic N) is 3. The number of carbonyl (C=O) groups is 2. The molecule has 0 bridgehead atoms. The molecule has 1 saturated heterocycles. The molecule has 0 spiro atoms. The van der Waals surface area contributed by atoms with Gasteiger partial charge in [-0.05, 0) is 88.3 Å². The van der Waals surface area contributed by atoms with E-state index in [1.54, 1.807) is 48.5 Å². The number of carbonyl (C=O) groups excluding carboxylic acids is 2. The minimum Gasteiger partial charge on any atom is -0.443 e. The van der Waals surface area contributed by atoms with Crippen LogP contribution in [0.25, 0.3) is 5.69 Å². The highest BCUT2D eigenvalue weighted by Gasteiger charge is 2.54. The summed E-state index contributed by atoms with van der Waals surface area (Å²) in [6, 6.07) is 9.21. The van der Waals surface area contributed by atoms with E-state index in [-0.39, 0.29) is 5.82 Å². The Morgan fingerprint density at radius 2 is 1.33 bits per heavy atom. The number of anilines is 1. The third kappa shape index (κ3) is 5.76. The summed E-state index contributed by atoms with van der Waals surface area (Å²) in [5, 5.41) is 4.78. The Kier molecular flexibility index (Phi) is 7.11. The third-order valence-corrected chi connectivity index (χ3v) is 5.97. The number of aromatic nitrogens is 2. The zero-order valence-electron chi connectivity index (χ0n) is 23.3. The molecule has 2 aromatic rings. The van der Waals surface area contributed by atoms with Crippen LogP contribution >= 0.6 is 0 Å². The second-order valence-electron chi connectivity index (χ2n) is 12.0. The Morgan fingerprint density at radius 1 is 0.889 bits per heavy atom.